The molecule has 2 atom stereocenters. The van der Waals surface area contributed by atoms with Crippen LogP contribution in [-0.2, 0) is 19.1 Å². The maximum Gasteiger partial charge on any atom is 0.313 e. The van der Waals surface area contributed by atoms with Crippen molar-refractivity contribution in [1.82, 2.24) is 5.32 Å². The van der Waals surface area contributed by atoms with E-state index in [9.17, 15) is 9.59 Å². The molecule has 1 N–H and O–H groups in total. The number of nitrogens with one attached hydrogen (secondary N) is 1. The fraction of sp³-hybridized carbons (Fsp3) is 0.857. The molecule has 2 aliphatic rings. The Morgan fingerprint density at radius 3 is 2.53 bits per heavy atom. The third-order valence-electron chi connectivity index (χ3n) is 5.26. The largest absolute Gasteiger partial charge is 0.448 e. The van der Waals surface area contributed by atoms with E-state index in [2.05, 4.69) is 5.32 Å². The number of carbonyl (C=O) groups excluding carboxylic acids is 2. The summed E-state index contributed by atoms with van der Waals surface area (Å²) in [7, 11) is 1.63. The number of carbonyl (C=O) groups is 2. The number of ether oxygens (including phenoxy) is 2. The second kappa shape index (κ2) is 4.47. The van der Waals surface area contributed by atoms with Gasteiger partial charge in [-0.1, -0.05) is 13.8 Å². The van der Waals surface area contributed by atoms with Crippen molar-refractivity contribution in [3.8, 4) is 0 Å². The minimum absolute atomic E-state index is 0.164. The van der Waals surface area contributed by atoms with Crippen molar-refractivity contribution in [2.24, 2.45) is 10.8 Å². The van der Waals surface area contributed by atoms with Crippen LogP contribution in [-0.4, -0.2) is 37.7 Å². The highest BCUT2D eigenvalue weighted by molar-refractivity contribution is 5.96. The van der Waals surface area contributed by atoms with Crippen molar-refractivity contribution in [2.45, 2.75) is 45.6 Å². The van der Waals surface area contributed by atoms with Crippen LogP contribution in [0, 0.1) is 10.8 Å². The molecule has 1 aliphatic carbocycles. The highest BCUT2D eigenvalue weighted by Crippen LogP contribution is 2.65. The average molecular weight is 269 g/mol. The third kappa shape index (κ3) is 1.71. The Kier molecular flexibility index (Phi) is 3.37. The summed E-state index contributed by atoms with van der Waals surface area (Å²) < 4.78 is 10.4. The number of esters is 1. The maximum atomic E-state index is 12.5. The summed E-state index contributed by atoms with van der Waals surface area (Å²) in [6.07, 6.45) is 2.08. The Bertz CT molecular complexity index is 406. The molecule has 1 heterocycles. The number of rotatable bonds is 5. The van der Waals surface area contributed by atoms with Crippen molar-refractivity contribution in [3.05, 3.63) is 0 Å². The van der Waals surface area contributed by atoms with Crippen LogP contribution < -0.4 is 5.32 Å². The van der Waals surface area contributed by atoms with Crippen LogP contribution in [0.1, 0.15) is 40.0 Å². The number of methoxy groups -OCH3 is 1. The topological polar surface area (TPSA) is 64.6 Å². The molecule has 5 nitrogen and oxygen atoms in total. The summed E-state index contributed by atoms with van der Waals surface area (Å²) in [5.41, 5.74) is -2.01. The number of amides is 1. The zero-order chi connectivity index (χ0) is 14.3. The van der Waals surface area contributed by atoms with Gasteiger partial charge in [0.1, 0.15) is 0 Å². The quantitative estimate of drug-likeness (QED) is 0.603. The minimum atomic E-state index is -0.994. The second-order valence-electron chi connectivity index (χ2n) is 6.28. The van der Waals surface area contributed by atoms with Crippen molar-refractivity contribution >= 4 is 11.9 Å². The predicted octanol–water partition coefficient (Wildman–Crippen LogP) is 1.26. The maximum absolute atomic E-state index is 12.5. The van der Waals surface area contributed by atoms with Crippen LogP contribution in [0.2, 0.25) is 0 Å². The molecular weight excluding hydrogens is 246 g/mol. The molecule has 0 aromatic carbocycles. The van der Waals surface area contributed by atoms with Gasteiger partial charge in [0.05, 0.1) is 5.41 Å². The van der Waals surface area contributed by atoms with E-state index in [4.69, 9.17) is 9.47 Å². The Balaban J connectivity index is 2.11. The molecule has 0 radical (unpaired) electrons. The molecule has 1 saturated heterocycles. The van der Waals surface area contributed by atoms with Crippen LogP contribution in [0.4, 0.5) is 0 Å². The van der Waals surface area contributed by atoms with Crippen molar-refractivity contribution in [3.63, 3.8) is 0 Å². The molecule has 1 amide bonds. The zero-order valence-corrected chi connectivity index (χ0v) is 12.2. The first-order valence-corrected chi connectivity index (χ1v) is 6.82. The van der Waals surface area contributed by atoms with Gasteiger partial charge in [-0.25, -0.2) is 0 Å². The number of hydrogen-bond acceptors (Lipinski definition) is 4. The molecule has 0 spiro atoms. The van der Waals surface area contributed by atoms with E-state index >= 15 is 0 Å². The highest BCUT2D eigenvalue weighted by atomic mass is 16.6. The first-order valence-electron chi connectivity index (χ1n) is 6.82. The summed E-state index contributed by atoms with van der Waals surface area (Å²) in [6.45, 7) is 6.97. The molecule has 2 bridgehead atoms. The molecule has 0 unspecified atom stereocenters. The van der Waals surface area contributed by atoms with E-state index in [0.717, 1.165) is 6.42 Å². The second-order valence-corrected chi connectivity index (χ2v) is 6.28. The minimum Gasteiger partial charge on any atom is -0.448 e. The van der Waals surface area contributed by atoms with E-state index in [1.54, 1.807) is 7.11 Å². The van der Waals surface area contributed by atoms with E-state index in [1.165, 1.54) is 0 Å². The Morgan fingerprint density at radius 2 is 2.05 bits per heavy atom. The van der Waals surface area contributed by atoms with E-state index in [0.29, 0.717) is 26.0 Å². The smallest absolute Gasteiger partial charge is 0.313 e. The zero-order valence-electron chi connectivity index (χ0n) is 12.2. The van der Waals surface area contributed by atoms with Gasteiger partial charge in [-0.3, -0.25) is 9.59 Å². The summed E-state index contributed by atoms with van der Waals surface area (Å²) in [5, 5.41) is 2.88. The van der Waals surface area contributed by atoms with Crippen LogP contribution >= 0.6 is 0 Å². The molecule has 2 fully saturated rings. The highest BCUT2D eigenvalue weighted by Gasteiger charge is 2.75. The van der Waals surface area contributed by atoms with Crippen LogP contribution in [0.25, 0.3) is 0 Å². The monoisotopic (exact) mass is 269 g/mol. The Hall–Kier alpha value is -1.10. The molecule has 0 aromatic heterocycles. The fourth-order valence-electron chi connectivity index (χ4n) is 3.31. The predicted molar refractivity (Wildman–Crippen MR) is 69.4 cm³/mol. The lowest BCUT2D eigenvalue weighted by atomic mass is 9.66. The summed E-state index contributed by atoms with van der Waals surface area (Å²) in [6, 6.07) is 0. The molecule has 1 saturated carbocycles. The molecule has 19 heavy (non-hydrogen) atoms. The normalized spacial score (nSPS) is 35.3. The molecular formula is C14H23NO4. The average Bonchev–Trinajstić information content (AvgIpc) is 2.65. The summed E-state index contributed by atoms with van der Waals surface area (Å²) in [5.74, 6) is -0.404. The first kappa shape index (κ1) is 14.3. The SMILES string of the molecule is COCCCNC(=O)[C@]12CC[C@@](C)(C(=O)O1)C2(C)C. The van der Waals surface area contributed by atoms with Gasteiger partial charge in [-0.05, 0) is 26.2 Å². The van der Waals surface area contributed by atoms with Gasteiger partial charge in [0.25, 0.3) is 5.91 Å². The number of fused-ring (bicyclic) bond motifs is 2. The standard InChI is InChI=1S/C14H23NO4/c1-12(2)13(3)6-7-14(12,19-11(13)17)10(16)15-8-5-9-18-4/h5-9H2,1-4H3,(H,15,16)/t13-,14-/m0/s1. The third-order valence-corrected chi connectivity index (χ3v) is 5.26. The van der Waals surface area contributed by atoms with E-state index in [1.807, 2.05) is 20.8 Å². The van der Waals surface area contributed by atoms with Gasteiger partial charge in [-0.2, -0.15) is 0 Å². The van der Waals surface area contributed by atoms with Gasteiger partial charge in [0, 0.05) is 25.7 Å². The Morgan fingerprint density at radius 1 is 1.37 bits per heavy atom. The lowest BCUT2D eigenvalue weighted by Gasteiger charge is -2.35. The Labute approximate surface area is 114 Å². The first-order chi connectivity index (χ1) is 8.82. The van der Waals surface area contributed by atoms with E-state index < -0.39 is 16.4 Å². The molecule has 5 heteroatoms. The van der Waals surface area contributed by atoms with Crippen LogP contribution in [0.5, 0.6) is 0 Å². The molecule has 1 aliphatic heterocycles. The lowest BCUT2D eigenvalue weighted by molar-refractivity contribution is -0.168. The molecule has 108 valence electrons. The van der Waals surface area contributed by atoms with Gasteiger partial charge >= 0.3 is 5.97 Å². The molecule has 2 rings (SSSR count). The van der Waals surface area contributed by atoms with Gasteiger partial charge in [0.15, 0.2) is 5.60 Å². The van der Waals surface area contributed by atoms with Crippen LogP contribution in [0.3, 0.4) is 0 Å². The van der Waals surface area contributed by atoms with Gasteiger partial charge in [-0.15, -0.1) is 0 Å². The van der Waals surface area contributed by atoms with Crippen LogP contribution in [0.15, 0.2) is 0 Å². The van der Waals surface area contributed by atoms with Gasteiger partial charge in [0.2, 0.25) is 0 Å². The lowest BCUT2D eigenvalue weighted by Crippen LogP contribution is -2.53. The van der Waals surface area contributed by atoms with Crippen molar-refractivity contribution in [1.29, 1.82) is 0 Å². The van der Waals surface area contributed by atoms with Gasteiger partial charge < -0.3 is 14.8 Å². The fourth-order valence-corrected chi connectivity index (χ4v) is 3.31. The molecule has 0 aromatic rings. The summed E-state index contributed by atoms with van der Waals surface area (Å²) >= 11 is 0. The number of hydrogen-bond donors (Lipinski definition) is 1. The van der Waals surface area contributed by atoms with Crippen molar-refractivity contribution in [2.75, 3.05) is 20.3 Å². The van der Waals surface area contributed by atoms with Crippen molar-refractivity contribution < 1.29 is 19.1 Å². The van der Waals surface area contributed by atoms with E-state index in [-0.39, 0.29) is 11.9 Å². The summed E-state index contributed by atoms with van der Waals surface area (Å²) in [4.78, 5) is 24.5.